The molecule has 108 valence electrons. The molecule has 1 aromatic heterocycles. The zero-order chi connectivity index (χ0) is 14.7. The Morgan fingerprint density at radius 1 is 1.15 bits per heavy atom. The minimum Gasteiger partial charge on any atom is -0.308 e. The van der Waals surface area contributed by atoms with Crippen LogP contribution in [0.1, 0.15) is 55.2 Å². The Balaban J connectivity index is 2.33. The topological polar surface area (TPSA) is 29.9 Å². The highest BCUT2D eigenvalue weighted by Crippen LogP contribution is 2.24. The van der Waals surface area contributed by atoms with Crippen LogP contribution in [0.3, 0.4) is 0 Å². The summed E-state index contributed by atoms with van der Waals surface area (Å²) in [7, 11) is 4.01. The molecule has 1 unspecified atom stereocenters. The average Bonchev–Trinajstić information content (AvgIpc) is 2.82. The molecule has 1 aromatic carbocycles. The van der Waals surface area contributed by atoms with Crippen molar-refractivity contribution in [3.8, 4) is 0 Å². The minimum absolute atomic E-state index is 0.189. The van der Waals surface area contributed by atoms with Gasteiger partial charge in [-0.05, 0) is 36.6 Å². The molecule has 2 rings (SSSR count). The summed E-state index contributed by atoms with van der Waals surface area (Å²) in [4.78, 5) is 0. The van der Waals surface area contributed by atoms with E-state index in [-0.39, 0.29) is 6.04 Å². The fourth-order valence-electron chi connectivity index (χ4n) is 2.55. The second kappa shape index (κ2) is 6.23. The molecule has 0 amide bonds. The highest BCUT2D eigenvalue weighted by atomic mass is 15.3. The van der Waals surface area contributed by atoms with Crippen LogP contribution >= 0.6 is 0 Å². The Kier molecular flexibility index (Phi) is 4.61. The maximum atomic E-state index is 4.55. The number of benzene rings is 1. The van der Waals surface area contributed by atoms with Crippen LogP contribution in [0.2, 0.25) is 0 Å². The standard InChI is InChI=1S/C17H25N3/c1-6-15-11-16(20(5)19-15)17(18-4)14-9-7-13(8-10-14)12(2)3/h7-12,17-18H,6H2,1-5H3. The second-order valence-electron chi connectivity index (χ2n) is 5.58. The summed E-state index contributed by atoms with van der Waals surface area (Å²) in [6.45, 7) is 6.58. The summed E-state index contributed by atoms with van der Waals surface area (Å²) in [6.07, 6.45) is 0.969. The molecule has 3 nitrogen and oxygen atoms in total. The van der Waals surface area contributed by atoms with E-state index in [2.05, 4.69) is 61.5 Å². The number of hydrogen-bond acceptors (Lipinski definition) is 2. The summed E-state index contributed by atoms with van der Waals surface area (Å²) >= 11 is 0. The lowest BCUT2D eigenvalue weighted by Gasteiger charge is -2.18. The van der Waals surface area contributed by atoms with Crippen molar-refractivity contribution < 1.29 is 0 Å². The first-order valence-corrected chi connectivity index (χ1v) is 7.36. The first-order valence-electron chi connectivity index (χ1n) is 7.36. The van der Waals surface area contributed by atoms with Gasteiger partial charge in [-0.15, -0.1) is 0 Å². The lowest BCUT2D eigenvalue weighted by Crippen LogP contribution is -2.20. The molecule has 0 aliphatic rings. The zero-order valence-electron chi connectivity index (χ0n) is 13.1. The van der Waals surface area contributed by atoms with Crippen LogP contribution < -0.4 is 5.32 Å². The smallest absolute Gasteiger partial charge is 0.0745 e. The van der Waals surface area contributed by atoms with Gasteiger partial charge in [0.15, 0.2) is 0 Å². The maximum Gasteiger partial charge on any atom is 0.0745 e. The molecule has 0 spiro atoms. The number of aryl methyl sites for hydroxylation is 2. The summed E-state index contributed by atoms with van der Waals surface area (Å²) in [5, 5.41) is 7.95. The monoisotopic (exact) mass is 271 g/mol. The molecular formula is C17H25N3. The van der Waals surface area contributed by atoms with Crippen molar-refractivity contribution in [3.05, 3.63) is 52.8 Å². The molecule has 3 heteroatoms. The molecule has 20 heavy (non-hydrogen) atoms. The predicted molar refractivity (Wildman–Crippen MR) is 84.0 cm³/mol. The van der Waals surface area contributed by atoms with Crippen LogP contribution in [0.5, 0.6) is 0 Å². The number of nitrogens with zero attached hydrogens (tertiary/aromatic N) is 2. The Morgan fingerprint density at radius 3 is 2.20 bits per heavy atom. The number of rotatable bonds is 5. The lowest BCUT2D eigenvalue weighted by atomic mass is 9.97. The van der Waals surface area contributed by atoms with Crippen molar-refractivity contribution in [1.82, 2.24) is 15.1 Å². The molecule has 0 aliphatic heterocycles. The molecule has 2 aromatic rings. The lowest BCUT2D eigenvalue weighted by molar-refractivity contribution is 0.603. The van der Waals surface area contributed by atoms with Crippen LogP contribution in [-0.2, 0) is 13.5 Å². The highest BCUT2D eigenvalue weighted by molar-refractivity contribution is 5.32. The van der Waals surface area contributed by atoms with Gasteiger partial charge in [-0.1, -0.05) is 45.0 Å². The Labute approximate surface area is 122 Å². The SMILES string of the molecule is CCc1cc(C(NC)c2ccc(C(C)C)cc2)n(C)n1. The molecule has 0 saturated carbocycles. The summed E-state index contributed by atoms with van der Waals surface area (Å²) < 4.78 is 1.98. The van der Waals surface area contributed by atoms with E-state index in [0.717, 1.165) is 12.1 Å². The van der Waals surface area contributed by atoms with E-state index in [9.17, 15) is 0 Å². The third-order valence-electron chi connectivity index (χ3n) is 3.85. The second-order valence-corrected chi connectivity index (χ2v) is 5.58. The zero-order valence-corrected chi connectivity index (χ0v) is 13.1. The van der Waals surface area contributed by atoms with E-state index in [1.165, 1.54) is 16.8 Å². The number of hydrogen-bond donors (Lipinski definition) is 1. The van der Waals surface area contributed by atoms with E-state index in [1.807, 2.05) is 18.8 Å². The quantitative estimate of drug-likeness (QED) is 0.903. The number of aromatic nitrogens is 2. The van der Waals surface area contributed by atoms with Crippen LogP contribution in [0.4, 0.5) is 0 Å². The molecule has 0 saturated heterocycles. The molecule has 1 N–H and O–H groups in total. The molecular weight excluding hydrogens is 246 g/mol. The van der Waals surface area contributed by atoms with Gasteiger partial charge in [-0.25, -0.2) is 0 Å². The fourth-order valence-corrected chi connectivity index (χ4v) is 2.55. The first kappa shape index (κ1) is 14.8. The molecule has 1 atom stereocenters. The molecule has 0 bridgehead atoms. The largest absolute Gasteiger partial charge is 0.308 e. The van der Waals surface area contributed by atoms with Crippen molar-refractivity contribution in [1.29, 1.82) is 0 Å². The summed E-state index contributed by atoms with van der Waals surface area (Å²) in [5.41, 5.74) is 5.01. The molecule has 0 aliphatic carbocycles. The van der Waals surface area contributed by atoms with Gasteiger partial charge in [-0.2, -0.15) is 5.10 Å². The Morgan fingerprint density at radius 2 is 1.75 bits per heavy atom. The van der Waals surface area contributed by atoms with Gasteiger partial charge >= 0.3 is 0 Å². The maximum absolute atomic E-state index is 4.55. The third-order valence-corrected chi connectivity index (χ3v) is 3.85. The van der Waals surface area contributed by atoms with E-state index in [4.69, 9.17) is 0 Å². The van der Waals surface area contributed by atoms with Gasteiger partial charge in [0.25, 0.3) is 0 Å². The Hall–Kier alpha value is -1.61. The molecule has 1 heterocycles. The molecule has 0 fully saturated rings. The van der Waals surface area contributed by atoms with E-state index >= 15 is 0 Å². The first-order chi connectivity index (χ1) is 9.56. The predicted octanol–water partition coefficient (Wildman–Crippen LogP) is 3.41. The van der Waals surface area contributed by atoms with Crippen LogP contribution in [0.15, 0.2) is 30.3 Å². The summed E-state index contributed by atoms with van der Waals surface area (Å²) in [5.74, 6) is 0.570. The fraction of sp³-hybridized carbons (Fsp3) is 0.471. The van der Waals surface area contributed by atoms with Crippen molar-refractivity contribution in [3.63, 3.8) is 0 Å². The van der Waals surface area contributed by atoms with Gasteiger partial charge in [0, 0.05) is 7.05 Å². The van der Waals surface area contributed by atoms with Crippen molar-refractivity contribution in [2.75, 3.05) is 7.05 Å². The van der Waals surface area contributed by atoms with Crippen LogP contribution in [0, 0.1) is 0 Å². The highest BCUT2D eigenvalue weighted by Gasteiger charge is 2.17. The van der Waals surface area contributed by atoms with Crippen molar-refractivity contribution in [2.24, 2.45) is 7.05 Å². The van der Waals surface area contributed by atoms with Crippen LogP contribution in [0.25, 0.3) is 0 Å². The Bertz CT molecular complexity index is 552. The van der Waals surface area contributed by atoms with Gasteiger partial charge in [0.1, 0.15) is 0 Å². The average molecular weight is 271 g/mol. The molecule has 0 radical (unpaired) electrons. The van der Waals surface area contributed by atoms with Gasteiger partial charge in [-0.3, -0.25) is 4.68 Å². The van der Waals surface area contributed by atoms with E-state index in [0.29, 0.717) is 5.92 Å². The van der Waals surface area contributed by atoms with Crippen molar-refractivity contribution >= 4 is 0 Å². The van der Waals surface area contributed by atoms with Crippen molar-refractivity contribution in [2.45, 2.75) is 39.2 Å². The van der Waals surface area contributed by atoms with Crippen LogP contribution in [-0.4, -0.2) is 16.8 Å². The van der Waals surface area contributed by atoms with Gasteiger partial charge < -0.3 is 5.32 Å². The number of nitrogens with one attached hydrogen (secondary N) is 1. The summed E-state index contributed by atoms with van der Waals surface area (Å²) in [6, 6.07) is 11.3. The van der Waals surface area contributed by atoms with E-state index < -0.39 is 0 Å². The van der Waals surface area contributed by atoms with Gasteiger partial charge in [0.2, 0.25) is 0 Å². The minimum atomic E-state index is 0.189. The van der Waals surface area contributed by atoms with Gasteiger partial charge in [0.05, 0.1) is 17.4 Å². The van der Waals surface area contributed by atoms with E-state index in [1.54, 1.807) is 0 Å². The normalized spacial score (nSPS) is 12.9. The third kappa shape index (κ3) is 2.93.